The van der Waals surface area contributed by atoms with Gasteiger partial charge in [-0.1, -0.05) is 30.3 Å². The van der Waals surface area contributed by atoms with Gasteiger partial charge in [0, 0.05) is 13.1 Å². The van der Waals surface area contributed by atoms with Crippen molar-refractivity contribution in [3.8, 4) is 0 Å². The van der Waals surface area contributed by atoms with Gasteiger partial charge in [-0.2, -0.15) is 0 Å². The SMILES string of the molecule is CCNC(=O)C(COC(C)C(=O)O)(C(=O)NCC)c1ccccc1. The molecule has 2 amide bonds. The number of carboxylic acid groups (broad SMARTS) is 1. The van der Waals surface area contributed by atoms with Gasteiger partial charge in [0.15, 0.2) is 11.5 Å². The Kier molecular flexibility index (Phi) is 7.38. The van der Waals surface area contributed by atoms with Crippen LogP contribution in [0.5, 0.6) is 0 Å². The lowest BCUT2D eigenvalue weighted by atomic mass is 9.79. The monoisotopic (exact) mass is 336 g/mol. The van der Waals surface area contributed by atoms with Gasteiger partial charge in [0.25, 0.3) is 0 Å². The average Bonchev–Trinajstić information content (AvgIpc) is 2.56. The van der Waals surface area contributed by atoms with Gasteiger partial charge in [-0.3, -0.25) is 9.59 Å². The topological polar surface area (TPSA) is 105 Å². The number of ether oxygens (including phenoxy) is 1. The number of hydrogen-bond acceptors (Lipinski definition) is 4. The summed E-state index contributed by atoms with van der Waals surface area (Å²) in [6.45, 7) is 5.14. The zero-order chi connectivity index (χ0) is 18.2. The van der Waals surface area contributed by atoms with Crippen LogP contribution in [0.2, 0.25) is 0 Å². The molecule has 3 N–H and O–H groups in total. The van der Waals surface area contributed by atoms with Crippen molar-refractivity contribution in [1.29, 1.82) is 0 Å². The first-order chi connectivity index (χ1) is 11.4. The Labute approximate surface area is 141 Å². The number of carboxylic acids is 1. The van der Waals surface area contributed by atoms with E-state index in [0.717, 1.165) is 0 Å². The van der Waals surface area contributed by atoms with Crippen molar-refractivity contribution in [2.45, 2.75) is 32.3 Å². The molecule has 1 atom stereocenters. The Morgan fingerprint density at radius 3 is 2.00 bits per heavy atom. The quantitative estimate of drug-likeness (QED) is 0.575. The van der Waals surface area contributed by atoms with E-state index in [1.165, 1.54) is 6.92 Å². The van der Waals surface area contributed by atoms with E-state index in [1.54, 1.807) is 44.2 Å². The number of carbonyl (C=O) groups excluding carboxylic acids is 2. The van der Waals surface area contributed by atoms with Crippen LogP contribution in [-0.4, -0.2) is 48.7 Å². The first kappa shape index (κ1) is 19.6. The largest absolute Gasteiger partial charge is 0.479 e. The van der Waals surface area contributed by atoms with E-state index in [4.69, 9.17) is 9.84 Å². The van der Waals surface area contributed by atoms with E-state index in [1.807, 2.05) is 0 Å². The van der Waals surface area contributed by atoms with Gasteiger partial charge < -0.3 is 20.5 Å². The first-order valence-electron chi connectivity index (χ1n) is 7.86. The van der Waals surface area contributed by atoms with Crippen molar-refractivity contribution < 1.29 is 24.2 Å². The molecule has 1 aromatic carbocycles. The summed E-state index contributed by atoms with van der Waals surface area (Å²) in [7, 11) is 0. The van der Waals surface area contributed by atoms with E-state index in [0.29, 0.717) is 18.7 Å². The normalized spacial score (nSPS) is 12.3. The molecule has 0 radical (unpaired) electrons. The molecule has 0 bridgehead atoms. The van der Waals surface area contributed by atoms with Crippen molar-refractivity contribution in [3.63, 3.8) is 0 Å². The van der Waals surface area contributed by atoms with Gasteiger partial charge in [0.05, 0.1) is 6.61 Å². The number of carbonyl (C=O) groups is 3. The summed E-state index contributed by atoms with van der Waals surface area (Å²) in [5, 5.41) is 14.3. The first-order valence-corrected chi connectivity index (χ1v) is 7.86. The standard InChI is InChI=1S/C17H24N2O5/c1-4-18-15(22)17(16(23)19-5-2,11-24-12(3)14(20)21)13-9-7-6-8-10-13/h6-10,12H,4-5,11H2,1-3H3,(H,18,22)(H,19,23)(H,20,21). The Morgan fingerprint density at radius 2 is 1.58 bits per heavy atom. The predicted octanol–water partition coefficient (Wildman–Crippen LogP) is 0.686. The fraction of sp³-hybridized carbons (Fsp3) is 0.471. The highest BCUT2D eigenvalue weighted by Crippen LogP contribution is 2.26. The molecule has 7 heteroatoms. The molecule has 7 nitrogen and oxygen atoms in total. The predicted molar refractivity (Wildman–Crippen MR) is 88.5 cm³/mol. The van der Waals surface area contributed by atoms with E-state index in [-0.39, 0.29) is 6.61 Å². The molecule has 0 aliphatic heterocycles. The van der Waals surface area contributed by atoms with Gasteiger partial charge in [-0.25, -0.2) is 4.79 Å². The van der Waals surface area contributed by atoms with Crippen LogP contribution in [0.25, 0.3) is 0 Å². The molecule has 0 heterocycles. The minimum absolute atomic E-state index is 0.335. The van der Waals surface area contributed by atoms with E-state index in [2.05, 4.69) is 10.6 Å². The molecule has 0 spiro atoms. The summed E-state index contributed by atoms with van der Waals surface area (Å²) in [6.07, 6.45) is -1.14. The lowest BCUT2D eigenvalue weighted by Crippen LogP contribution is -2.58. The maximum atomic E-state index is 12.8. The Balaban J connectivity index is 3.34. The Bertz CT molecular complexity index is 556. The summed E-state index contributed by atoms with van der Waals surface area (Å²) in [4.78, 5) is 36.5. The molecule has 0 aliphatic carbocycles. The van der Waals surface area contributed by atoms with Crippen LogP contribution < -0.4 is 10.6 Å². The number of likely N-dealkylation sites (N-methyl/N-ethyl adjacent to an activating group) is 2. The molecule has 0 aliphatic rings. The van der Waals surface area contributed by atoms with E-state index < -0.39 is 29.3 Å². The zero-order valence-electron chi connectivity index (χ0n) is 14.2. The van der Waals surface area contributed by atoms with Crippen LogP contribution in [0.1, 0.15) is 26.3 Å². The van der Waals surface area contributed by atoms with Crippen molar-refractivity contribution in [3.05, 3.63) is 35.9 Å². The molecule has 24 heavy (non-hydrogen) atoms. The third-order valence-corrected chi connectivity index (χ3v) is 3.61. The van der Waals surface area contributed by atoms with E-state index in [9.17, 15) is 14.4 Å². The third-order valence-electron chi connectivity index (χ3n) is 3.61. The van der Waals surface area contributed by atoms with Crippen LogP contribution >= 0.6 is 0 Å². The van der Waals surface area contributed by atoms with Gasteiger partial charge in [0.2, 0.25) is 11.8 Å². The van der Waals surface area contributed by atoms with Crippen LogP contribution in [0.4, 0.5) is 0 Å². The Hall–Kier alpha value is -2.41. The molecule has 0 aromatic heterocycles. The van der Waals surface area contributed by atoms with Gasteiger partial charge >= 0.3 is 5.97 Å². The fourth-order valence-corrected chi connectivity index (χ4v) is 2.25. The maximum Gasteiger partial charge on any atom is 0.332 e. The number of nitrogens with one attached hydrogen (secondary N) is 2. The number of benzene rings is 1. The number of amides is 2. The summed E-state index contributed by atoms with van der Waals surface area (Å²) in [5.74, 6) is -2.22. The Morgan fingerprint density at radius 1 is 1.08 bits per heavy atom. The minimum Gasteiger partial charge on any atom is -0.479 e. The second-order valence-electron chi connectivity index (χ2n) is 5.28. The number of rotatable bonds is 9. The van der Waals surface area contributed by atoms with E-state index >= 15 is 0 Å². The lowest BCUT2D eigenvalue weighted by Gasteiger charge is -2.32. The number of aliphatic carboxylic acids is 1. The van der Waals surface area contributed by atoms with Gasteiger partial charge in [0.1, 0.15) is 0 Å². The third kappa shape index (κ3) is 4.32. The van der Waals surface area contributed by atoms with Gasteiger partial charge in [-0.15, -0.1) is 0 Å². The maximum absolute atomic E-state index is 12.8. The molecule has 1 aromatic rings. The molecule has 1 unspecified atom stereocenters. The highest BCUT2D eigenvalue weighted by atomic mass is 16.5. The van der Waals surface area contributed by atoms with Gasteiger partial charge in [-0.05, 0) is 26.3 Å². The average molecular weight is 336 g/mol. The highest BCUT2D eigenvalue weighted by Gasteiger charge is 2.48. The smallest absolute Gasteiger partial charge is 0.332 e. The highest BCUT2D eigenvalue weighted by molar-refractivity contribution is 6.11. The molecule has 1 rings (SSSR count). The molecule has 0 fully saturated rings. The zero-order valence-corrected chi connectivity index (χ0v) is 14.2. The number of hydrogen-bond donors (Lipinski definition) is 3. The van der Waals surface area contributed by atoms with Crippen LogP contribution in [-0.2, 0) is 24.5 Å². The lowest BCUT2D eigenvalue weighted by molar-refractivity contribution is -0.155. The molecule has 0 saturated carbocycles. The van der Waals surface area contributed by atoms with Crippen molar-refractivity contribution in [1.82, 2.24) is 10.6 Å². The minimum atomic E-state index is -1.66. The second kappa shape index (κ2) is 9.02. The van der Waals surface area contributed by atoms with Crippen molar-refractivity contribution in [2.75, 3.05) is 19.7 Å². The summed E-state index contributed by atoms with van der Waals surface area (Å²) >= 11 is 0. The van der Waals surface area contributed by atoms with Crippen molar-refractivity contribution >= 4 is 17.8 Å². The molecular weight excluding hydrogens is 312 g/mol. The van der Waals surface area contributed by atoms with Crippen LogP contribution in [0, 0.1) is 0 Å². The summed E-state index contributed by atoms with van der Waals surface area (Å²) in [6, 6.07) is 8.50. The molecule has 0 saturated heterocycles. The summed E-state index contributed by atoms with van der Waals surface area (Å²) < 4.78 is 5.34. The van der Waals surface area contributed by atoms with Crippen molar-refractivity contribution in [2.24, 2.45) is 0 Å². The molecule has 132 valence electrons. The molecular formula is C17H24N2O5. The fourth-order valence-electron chi connectivity index (χ4n) is 2.25. The second-order valence-corrected chi connectivity index (χ2v) is 5.28. The van der Waals surface area contributed by atoms with Crippen LogP contribution in [0.3, 0.4) is 0 Å². The van der Waals surface area contributed by atoms with Crippen LogP contribution in [0.15, 0.2) is 30.3 Å². The summed E-state index contributed by atoms with van der Waals surface area (Å²) in [5.41, 5.74) is -1.21.